The number of hydrogen-bond acceptors (Lipinski definition) is 6. The van der Waals surface area contributed by atoms with Crippen molar-refractivity contribution in [3.8, 4) is 22.8 Å². The summed E-state index contributed by atoms with van der Waals surface area (Å²) in [4.78, 5) is 15.2. The molecule has 7 nitrogen and oxygen atoms in total. The highest BCUT2D eigenvalue weighted by atomic mass is 32.2. The zero-order chi connectivity index (χ0) is 20.4. The number of carbonyl (C=O) groups is 1. The van der Waals surface area contributed by atoms with E-state index in [4.69, 9.17) is 9.47 Å². The fourth-order valence-corrected chi connectivity index (χ4v) is 4.01. The van der Waals surface area contributed by atoms with Gasteiger partial charge in [0.05, 0.1) is 14.2 Å². The minimum Gasteiger partial charge on any atom is -0.497 e. The molecule has 0 amide bonds. The second-order valence-electron chi connectivity index (χ2n) is 6.37. The Bertz CT molecular complexity index is 1150. The monoisotopic (exact) mass is 408 g/mol. The molecule has 0 radical (unpaired) electrons. The van der Waals surface area contributed by atoms with Crippen molar-refractivity contribution in [2.45, 2.75) is 17.3 Å². The van der Waals surface area contributed by atoms with Gasteiger partial charge < -0.3 is 14.5 Å². The Morgan fingerprint density at radius 3 is 2.59 bits per heavy atom. The summed E-state index contributed by atoms with van der Waals surface area (Å²) in [5, 5.41) is 10.1. The van der Waals surface area contributed by atoms with Crippen LogP contribution >= 0.6 is 11.8 Å². The first-order valence-electron chi connectivity index (χ1n) is 9.03. The minimum atomic E-state index is -0.419. The number of benzene rings is 2. The van der Waals surface area contributed by atoms with E-state index in [0.717, 1.165) is 27.9 Å². The molecule has 4 aromatic rings. The fourth-order valence-electron chi connectivity index (χ4n) is 3.11. The summed E-state index contributed by atoms with van der Waals surface area (Å²) >= 11 is 1.30. The van der Waals surface area contributed by atoms with Crippen LogP contribution in [0.5, 0.6) is 5.75 Å². The van der Waals surface area contributed by atoms with Gasteiger partial charge in [0.1, 0.15) is 11.0 Å². The minimum absolute atomic E-state index is 0.312. The van der Waals surface area contributed by atoms with Gasteiger partial charge in [-0.15, -0.1) is 10.2 Å². The maximum atomic E-state index is 11.9. The molecule has 0 aliphatic heterocycles. The van der Waals surface area contributed by atoms with Gasteiger partial charge in [-0.3, -0.25) is 9.36 Å². The molecule has 0 spiro atoms. The first kappa shape index (κ1) is 19.1. The molecule has 4 rings (SSSR count). The van der Waals surface area contributed by atoms with Crippen LogP contribution in [-0.4, -0.2) is 45.2 Å². The standard InChI is InChI=1S/C21H20N4O3S/c1-13(20(26)28-3)29-21-24-23-19(17-12-22-18-7-5-4-6-16(17)18)25(21)14-8-10-15(27-2)11-9-14/h4-13,22H,1-3H3/t13-/m0/s1. The number of carbonyl (C=O) groups excluding carboxylic acids is 1. The smallest absolute Gasteiger partial charge is 0.318 e. The molecule has 0 aliphatic carbocycles. The number of nitrogens with zero attached hydrogens (tertiary/aromatic N) is 3. The van der Waals surface area contributed by atoms with Gasteiger partial charge in [0.25, 0.3) is 0 Å². The lowest BCUT2D eigenvalue weighted by atomic mass is 10.1. The molecule has 0 unspecified atom stereocenters. The van der Waals surface area contributed by atoms with Crippen LogP contribution in [0.1, 0.15) is 6.92 Å². The lowest BCUT2D eigenvalue weighted by Crippen LogP contribution is -2.15. The zero-order valence-corrected chi connectivity index (χ0v) is 17.1. The number of fused-ring (bicyclic) bond motifs is 1. The summed E-state index contributed by atoms with van der Waals surface area (Å²) in [6.07, 6.45) is 1.92. The van der Waals surface area contributed by atoms with E-state index in [-0.39, 0.29) is 5.97 Å². The molecule has 29 heavy (non-hydrogen) atoms. The summed E-state index contributed by atoms with van der Waals surface area (Å²) in [5.41, 5.74) is 2.82. The van der Waals surface area contributed by atoms with Gasteiger partial charge in [-0.1, -0.05) is 30.0 Å². The van der Waals surface area contributed by atoms with Crippen LogP contribution in [0, 0.1) is 0 Å². The van der Waals surface area contributed by atoms with Gasteiger partial charge in [0.2, 0.25) is 0 Å². The number of aromatic nitrogens is 4. The molecule has 1 N–H and O–H groups in total. The average molecular weight is 408 g/mol. The highest BCUT2D eigenvalue weighted by molar-refractivity contribution is 8.00. The maximum absolute atomic E-state index is 11.9. The molecule has 148 valence electrons. The van der Waals surface area contributed by atoms with Crippen molar-refractivity contribution in [2.24, 2.45) is 0 Å². The lowest BCUT2D eigenvalue weighted by molar-refractivity contribution is -0.139. The number of H-pyrrole nitrogens is 1. The number of thioether (sulfide) groups is 1. The van der Waals surface area contributed by atoms with E-state index < -0.39 is 5.25 Å². The highest BCUT2D eigenvalue weighted by Crippen LogP contribution is 2.34. The summed E-state index contributed by atoms with van der Waals surface area (Å²) < 4.78 is 12.1. The van der Waals surface area contributed by atoms with Crippen molar-refractivity contribution in [3.05, 3.63) is 54.7 Å². The molecule has 2 aromatic carbocycles. The van der Waals surface area contributed by atoms with Gasteiger partial charge in [-0.25, -0.2) is 0 Å². The van der Waals surface area contributed by atoms with Crippen molar-refractivity contribution in [1.82, 2.24) is 19.7 Å². The maximum Gasteiger partial charge on any atom is 0.318 e. The van der Waals surface area contributed by atoms with Crippen LogP contribution in [-0.2, 0) is 9.53 Å². The SMILES string of the molecule is COC(=O)[C@H](C)Sc1nnc(-c2c[nH]c3ccccc23)n1-c1ccc(OC)cc1. The van der Waals surface area contributed by atoms with Crippen LogP contribution in [0.15, 0.2) is 59.9 Å². The number of rotatable bonds is 6. The third-order valence-corrected chi connectivity index (χ3v) is 5.63. The topological polar surface area (TPSA) is 82.0 Å². The van der Waals surface area contributed by atoms with Crippen molar-refractivity contribution in [1.29, 1.82) is 0 Å². The number of aromatic amines is 1. The quantitative estimate of drug-likeness (QED) is 0.382. The Balaban J connectivity index is 1.86. The molecule has 0 aliphatic rings. The zero-order valence-electron chi connectivity index (χ0n) is 16.2. The first-order valence-corrected chi connectivity index (χ1v) is 9.91. The van der Waals surface area contributed by atoms with E-state index >= 15 is 0 Å². The summed E-state index contributed by atoms with van der Waals surface area (Å²) in [6.45, 7) is 1.79. The molecule has 0 saturated heterocycles. The molecule has 0 fully saturated rings. The van der Waals surface area contributed by atoms with Crippen LogP contribution in [0.2, 0.25) is 0 Å². The predicted octanol–water partition coefficient (Wildman–Crippen LogP) is 4.08. The summed E-state index contributed by atoms with van der Waals surface area (Å²) in [5.74, 6) is 1.13. The number of nitrogens with one attached hydrogen (secondary N) is 1. The third kappa shape index (κ3) is 3.58. The van der Waals surface area contributed by atoms with Crippen LogP contribution in [0.3, 0.4) is 0 Å². The average Bonchev–Trinajstić information content (AvgIpc) is 3.37. The van der Waals surface area contributed by atoms with Crippen molar-refractivity contribution < 1.29 is 14.3 Å². The van der Waals surface area contributed by atoms with E-state index in [2.05, 4.69) is 15.2 Å². The Hall–Kier alpha value is -3.26. The van der Waals surface area contributed by atoms with Crippen LogP contribution in [0.25, 0.3) is 28.0 Å². The number of hydrogen-bond donors (Lipinski definition) is 1. The number of esters is 1. The van der Waals surface area contributed by atoms with E-state index in [9.17, 15) is 4.79 Å². The van der Waals surface area contributed by atoms with Gasteiger partial charge in [0, 0.05) is 28.4 Å². The lowest BCUT2D eigenvalue weighted by Gasteiger charge is -2.13. The number of ether oxygens (including phenoxy) is 2. The van der Waals surface area contributed by atoms with Gasteiger partial charge in [0.15, 0.2) is 11.0 Å². The van der Waals surface area contributed by atoms with E-state index in [1.807, 2.05) is 59.3 Å². The fraction of sp³-hybridized carbons (Fsp3) is 0.190. The molecule has 2 aromatic heterocycles. The number of methoxy groups -OCH3 is 2. The van der Waals surface area contributed by atoms with E-state index in [1.165, 1.54) is 18.9 Å². The normalized spacial score (nSPS) is 12.1. The molecule has 8 heteroatoms. The Morgan fingerprint density at radius 2 is 1.86 bits per heavy atom. The summed E-state index contributed by atoms with van der Waals surface area (Å²) in [6, 6.07) is 15.7. The molecular formula is C21H20N4O3S. The Labute approximate surface area is 172 Å². The molecule has 0 bridgehead atoms. The Kier molecular flexibility index (Phi) is 5.26. The van der Waals surface area contributed by atoms with Crippen molar-refractivity contribution in [3.63, 3.8) is 0 Å². The highest BCUT2D eigenvalue weighted by Gasteiger charge is 2.23. The second kappa shape index (κ2) is 8.00. The van der Waals surface area contributed by atoms with Gasteiger partial charge >= 0.3 is 5.97 Å². The van der Waals surface area contributed by atoms with Crippen molar-refractivity contribution >= 4 is 28.6 Å². The largest absolute Gasteiger partial charge is 0.497 e. The Morgan fingerprint density at radius 1 is 1.10 bits per heavy atom. The third-order valence-electron chi connectivity index (χ3n) is 4.61. The molecule has 0 saturated carbocycles. The number of para-hydroxylation sites is 1. The molecular weight excluding hydrogens is 388 g/mol. The first-order chi connectivity index (χ1) is 14.1. The van der Waals surface area contributed by atoms with E-state index in [1.54, 1.807) is 14.0 Å². The van der Waals surface area contributed by atoms with E-state index in [0.29, 0.717) is 11.0 Å². The second-order valence-corrected chi connectivity index (χ2v) is 7.68. The predicted molar refractivity (Wildman–Crippen MR) is 113 cm³/mol. The summed E-state index contributed by atoms with van der Waals surface area (Å²) in [7, 11) is 3.01. The van der Waals surface area contributed by atoms with Gasteiger partial charge in [-0.2, -0.15) is 0 Å². The van der Waals surface area contributed by atoms with Crippen LogP contribution < -0.4 is 4.74 Å². The van der Waals surface area contributed by atoms with Crippen molar-refractivity contribution in [2.75, 3.05) is 14.2 Å². The molecule has 2 heterocycles. The molecule has 1 atom stereocenters. The van der Waals surface area contributed by atoms with Crippen LogP contribution in [0.4, 0.5) is 0 Å². The van der Waals surface area contributed by atoms with Gasteiger partial charge in [-0.05, 0) is 37.3 Å².